The molecule has 0 atom stereocenters. The van der Waals surface area contributed by atoms with Gasteiger partial charge in [0.05, 0.1) is 17.7 Å². The van der Waals surface area contributed by atoms with Gasteiger partial charge >= 0.3 is 0 Å². The Kier molecular flexibility index (Phi) is 4.98. The number of phenols is 1. The van der Waals surface area contributed by atoms with Crippen molar-refractivity contribution in [2.45, 2.75) is 26.2 Å². The van der Waals surface area contributed by atoms with E-state index in [-0.39, 0.29) is 23.5 Å². The van der Waals surface area contributed by atoms with Crippen molar-refractivity contribution >= 4 is 23.2 Å². The van der Waals surface area contributed by atoms with Crippen molar-refractivity contribution in [1.82, 2.24) is 9.78 Å². The second kappa shape index (κ2) is 6.75. The van der Waals surface area contributed by atoms with Crippen molar-refractivity contribution in [2.75, 3.05) is 0 Å². The van der Waals surface area contributed by atoms with E-state index in [4.69, 9.17) is 11.6 Å². The third-order valence-electron chi connectivity index (χ3n) is 3.30. The van der Waals surface area contributed by atoms with Gasteiger partial charge in [-0.2, -0.15) is 5.10 Å². The molecule has 1 aromatic heterocycles. The Morgan fingerprint density at radius 2 is 2.00 bits per heavy atom. The maximum absolute atomic E-state index is 12.3. The minimum atomic E-state index is -0.469. The highest BCUT2D eigenvalue weighted by molar-refractivity contribution is 6.31. The summed E-state index contributed by atoms with van der Waals surface area (Å²) in [6.45, 7) is 2.03. The van der Waals surface area contributed by atoms with Gasteiger partial charge in [0.15, 0.2) is 11.6 Å². The lowest BCUT2D eigenvalue weighted by Crippen LogP contribution is -2.12. The molecule has 1 N–H and O–H groups in total. The molecule has 0 aliphatic heterocycles. The van der Waals surface area contributed by atoms with E-state index < -0.39 is 5.78 Å². The van der Waals surface area contributed by atoms with Gasteiger partial charge in [0.25, 0.3) is 0 Å². The lowest BCUT2D eigenvalue weighted by molar-refractivity contribution is 0.0888. The smallest absolute Gasteiger partial charge is 0.188 e. The van der Waals surface area contributed by atoms with E-state index >= 15 is 0 Å². The summed E-state index contributed by atoms with van der Waals surface area (Å²) in [5.41, 5.74) is 1.27. The Labute approximate surface area is 133 Å². The quantitative estimate of drug-likeness (QED) is 0.655. The number of aromatic hydroxyl groups is 1. The maximum atomic E-state index is 12.3. The monoisotopic (exact) mass is 320 g/mol. The van der Waals surface area contributed by atoms with E-state index in [1.807, 2.05) is 6.92 Å². The molecule has 0 bridgehead atoms. The Bertz CT molecular complexity index is 722. The number of hydrogen-bond acceptors (Lipinski definition) is 4. The standard InChI is InChI=1S/C16H17ClN2O3/c1-3-4-11-8-13(19(2)18-11)16(22)9-15(21)12-7-10(17)5-6-14(12)20/h5-8,20H,3-4,9H2,1-2H3. The van der Waals surface area contributed by atoms with E-state index in [9.17, 15) is 14.7 Å². The summed E-state index contributed by atoms with van der Waals surface area (Å²) in [5.74, 6) is -0.983. The number of rotatable bonds is 6. The molecule has 0 amide bonds. The van der Waals surface area contributed by atoms with Crippen LogP contribution in [0.4, 0.5) is 0 Å². The van der Waals surface area contributed by atoms with Crippen LogP contribution in [-0.4, -0.2) is 26.5 Å². The molecular formula is C16H17ClN2O3. The van der Waals surface area contributed by atoms with Gasteiger partial charge < -0.3 is 5.11 Å². The van der Waals surface area contributed by atoms with E-state index in [2.05, 4.69) is 5.10 Å². The summed E-state index contributed by atoms with van der Waals surface area (Å²) >= 11 is 5.82. The van der Waals surface area contributed by atoms with Crippen LogP contribution in [0.2, 0.25) is 5.02 Å². The zero-order valence-electron chi connectivity index (χ0n) is 12.5. The van der Waals surface area contributed by atoms with Gasteiger partial charge in [0.2, 0.25) is 0 Å². The predicted octanol–water partition coefficient (Wildman–Crippen LogP) is 3.19. The van der Waals surface area contributed by atoms with Crippen molar-refractivity contribution < 1.29 is 14.7 Å². The fourth-order valence-corrected chi connectivity index (χ4v) is 2.40. The average Bonchev–Trinajstić information content (AvgIpc) is 2.82. The van der Waals surface area contributed by atoms with Gasteiger partial charge in [0, 0.05) is 12.1 Å². The van der Waals surface area contributed by atoms with E-state index in [0.29, 0.717) is 10.7 Å². The van der Waals surface area contributed by atoms with E-state index in [1.165, 1.54) is 22.9 Å². The zero-order valence-corrected chi connectivity index (χ0v) is 13.2. The third-order valence-corrected chi connectivity index (χ3v) is 3.54. The Morgan fingerprint density at radius 1 is 1.27 bits per heavy atom. The molecule has 22 heavy (non-hydrogen) atoms. The Balaban J connectivity index is 2.18. The van der Waals surface area contributed by atoms with Gasteiger partial charge in [-0.3, -0.25) is 14.3 Å². The average molecular weight is 321 g/mol. The normalized spacial score (nSPS) is 10.7. The second-order valence-electron chi connectivity index (χ2n) is 5.08. The summed E-state index contributed by atoms with van der Waals surface area (Å²) in [6.07, 6.45) is 1.38. The van der Waals surface area contributed by atoms with Crippen LogP contribution in [0.1, 0.15) is 46.3 Å². The SMILES string of the molecule is CCCc1cc(C(=O)CC(=O)c2cc(Cl)ccc2O)n(C)n1. The zero-order chi connectivity index (χ0) is 16.3. The number of halogens is 1. The number of nitrogens with zero attached hydrogens (tertiary/aromatic N) is 2. The number of carbonyl (C=O) groups is 2. The molecule has 0 aliphatic rings. The highest BCUT2D eigenvalue weighted by Gasteiger charge is 2.20. The van der Waals surface area contributed by atoms with Crippen LogP contribution in [0.3, 0.4) is 0 Å². The van der Waals surface area contributed by atoms with Gasteiger partial charge in [-0.15, -0.1) is 0 Å². The molecule has 0 fully saturated rings. The van der Waals surface area contributed by atoms with Gasteiger partial charge in [-0.05, 0) is 30.7 Å². The predicted molar refractivity (Wildman–Crippen MR) is 83.6 cm³/mol. The van der Waals surface area contributed by atoms with E-state index in [1.54, 1.807) is 13.1 Å². The fraction of sp³-hybridized carbons (Fsp3) is 0.312. The number of hydrogen-bond donors (Lipinski definition) is 1. The second-order valence-corrected chi connectivity index (χ2v) is 5.52. The van der Waals surface area contributed by atoms with Crippen LogP contribution in [0.5, 0.6) is 5.75 Å². The lowest BCUT2D eigenvalue weighted by Gasteiger charge is -2.04. The number of aryl methyl sites for hydroxylation is 2. The van der Waals surface area contributed by atoms with Crippen molar-refractivity contribution in [2.24, 2.45) is 7.05 Å². The van der Waals surface area contributed by atoms with Crippen LogP contribution in [0.25, 0.3) is 0 Å². The molecule has 0 radical (unpaired) electrons. The molecule has 2 rings (SSSR count). The number of Topliss-reactive ketones (excluding diaryl/α,β-unsaturated/α-hetero) is 2. The Morgan fingerprint density at radius 3 is 2.68 bits per heavy atom. The molecule has 1 heterocycles. The minimum absolute atomic E-state index is 0.0526. The summed E-state index contributed by atoms with van der Waals surface area (Å²) in [7, 11) is 1.67. The third kappa shape index (κ3) is 3.54. The molecule has 5 nitrogen and oxygen atoms in total. The van der Waals surface area contributed by atoms with Crippen molar-refractivity contribution in [1.29, 1.82) is 0 Å². The summed E-state index contributed by atoms with van der Waals surface area (Å²) in [6, 6.07) is 5.88. The highest BCUT2D eigenvalue weighted by atomic mass is 35.5. The first-order valence-electron chi connectivity index (χ1n) is 7.00. The molecule has 0 spiro atoms. The van der Waals surface area contributed by atoms with Gasteiger partial charge in [0.1, 0.15) is 11.4 Å². The molecule has 6 heteroatoms. The summed E-state index contributed by atoms with van der Waals surface area (Å²) in [4.78, 5) is 24.4. The molecule has 0 saturated carbocycles. The molecule has 0 saturated heterocycles. The summed E-state index contributed by atoms with van der Waals surface area (Å²) < 4.78 is 1.48. The van der Waals surface area contributed by atoms with Crippen LogP contribution in [-0.2, 0) is 13.5 Å². The largest absolute Gasteiger partial charge is 0.507 e. The molecule has 0 aliphatic carbocycles. The molecule has 0 unspecified atom stereocenters. The van der Waals surface area contributed by atoms with Crippen molar-refractivity contribution in [3.8, 4) is 5.75 Å². The van der Waals surface area contributed by atoms with Crippen molar-refractivity contribution in [3.63, 3.8) is 0 Å². The maximum Gasteiger partial charge on any atom is 0.188 e. The highest BCUT2D eigenvalue weighted by Crippen LogP contribution is 2.23. The topological polar surface area (TPSA) is 72.2 Å². The van der Waals surface area contributed by atoms with Crippen LogP contribution < -0.4 is 0 Å². The molecule has 116 valence electrons. The number of aromatic nitrogens is 2. The number of carbonyl (C=O) groups excluding carboxylic acids is 2. The van der Waals surface area contributed by atoms with Crippen LogP contribution in [0, 0.1) is 0 Å². The van der Waals surface area contributed by atoms with Crippen LogP contribution >= 0.6 is 11.6 Å². The summed E-state index contributed by atoms with van der Waals surface area (Å²) in [5, 5.41) is 14.3. The first kappa shape index (κ1) is 16.2. The van der Waals surface area contributed by atoms with Gasteiger partial charge in [-0.1, -0.05) is 24.9 Å². The lowest BCUT2D eigenvalue weighted by atomic mass is 10.0. The first-order chi connectivity index (χ1) is 10.4. The van der Waals surface area contributed by atoms with Gasteiger partial charge in [-0.25, -0.2) is 0 Å². The molecular weight excluding hydrogens is 304 g/mol. The first-order valence-corrected chi connectivity index (χ1v) is 7.38. The molecule has 2 aromatic rings. The van der Waals surface area contributed by atoms with Crippen LogP contribution in [0.15, 0.2) is 24.3 Å². The number of benzene rings is 1. The fourth-order valence-electron chi connectivity index (χ4n) is 2.23. The Hall–Kier alpha value is -2.14. The van der Waals surface area contributed by atoms with E-state index in [0.717, 1.165) is 18.5 Å². The molecule has 1 aromatic carbocycles. The van der Waals surface area contributed by atoms with Crippen molar-refractivity contribution in [3.05, 3.63) is 46.2 Å². The minimum Gasteiger partial charge on any atom is -0.507 e. The number of ketones is 2. The number of phenolic OH excluding ortho intramolecular Hbond substituents is 1.